The van der Waals surface area contributed by atoms with Gasteiger partial charge in [-0.1, -0.05) is 24.3 Å². The Bertz CT molecular complexity index is 798. The van der Waals surface area contributed by atoms with Crippen molar-refractivity contribution in [2.75, 3.05) is 11.1 Å². The van der Waals surface area contributed by atoms with Crippen LogP contribution in [0.15, 0.2) is 48.5 Å². The van der Waals surface area contributed by atoms with Crippen molar-refractivity contribution in [1.82, 2.24) is 10.9 Å². The van der Waals surface area contributed by atoms with Gasteiger partial charge < -0.3 is 5.32 Å². The molecule has 0 heterocycles. The summed E-state index contributed by atoms with van der Waals surface area (Å²) in [5, 5.41) is 2.23. The van der Waals surface area contributed by atoms with Gasteiger partial charge in [0.25, 0.3) is 0 Å². The molecule has 2 aromatic carbocycles. The second kappa shape index (κ2) is 9.56. The molecule has 2 aromatic rings. The molecule has 0 fully saturated rings. The number of carbonyl (C=O) groups excluding carboxylic acids is 1. The van der Waals surface area contributed by atoms with Crippen molar-refractivity contribution in [3.8, 4) is 0 Å². The normalized spacial score (nSPS) is 11.0. The van der Waals surface area contributed by atoms with Crippen LogP contribution in [0.25, 0.3) is 0 Å². The largest absolute Gasteiger partial charge is 0.418 e. The van der Waals surface area contributed by atoms with Crippen LogP contribution in [-0.4, -0.2) is 16.8 Å². The molecule has 3 N–H and O–H groups in total. The lowest BCUT2D eigenvalue weighted by Gasteiger charge is -2.16. The van der Waals surface area contributed by atoms with Crippen molar-refractivity contribution in [3.63, 3.8) is 0 Å². The predicted octanol–water partition coefficient (Wildman–Crippen LogP) is 4.10. The fraction of sp³-hybridized carbons (Fsp3) is 0.176. The Morgan fingerprint density at radius 1 is 1.04 bits per heavy atom. The molecule has 10 heteroatoms. The quantitative estimate of drug-likeness (QED) is 0.389. The zero-order chi connectivity index (χ0) is 19.9. The third-order valence-electron chi connectivity index (χ3n) is 3.21. The number of amides is 1. The smallest absolute Gasteiger partial charge is 0.331 e. The summed E-state index contributed by atoms with van der Waals surface area (Å²) in [5.41, 5.74) is 4.44. The van der Waals surface area contributed by atoms with Gasteiger partial charge in [0.15, 0.2) is 5.11 Å². The third kappa shape index (κ3) is 7.06. The van der Waals surface area contributed by atoms with Gasteiger partial charge >= 0.3 is 6.18 Å². The van der Waals surface area contributed by atoms with E-state index in [-0.39, 0.29) is 22.4 Å². The maximum Gasteiger partial charge on any atom is 0.418 e. The molecule has 0 bridgehead atoms. The highest BCUT2D eigenvalue weighted by Crippen LogP contribution is 2.34. The van der Waals surface area contributed by atoms with E-state index in [1.165, 1.54) is 42.1 Å². The number of benzene rings is 2. The average molecular weight is 417 g/mol. The van der Waals surface area contributed by atoms with Crippen LogP contribution >= 0.6 is 24.0 Å². The number of halogens is 4. The first-order valence-electron chi connectivity index (χ1n) is 7.60. The average Bonchev–Trinajstić information content (AvgIpc) is 2.61. The van der Waals surface area contributed by atoms with Gasteiger partial charge in [-0.15, -0.1) is 11.8 Å². The molecule has 0 unspecified atom stereocenters. The lowest BCUT2D eigenvalue weighted by atomic mass is 10.2. The Morgan fingerprint density at radius 3 is 2.37 bits per heavy atom. The van der Waals surface area contributed by atoms with Gasteiger partial charge in [-0.05, 0) is 42.0 Å². The van der Waals surface area contributed by atoms with Crippen molar-refractivity contribution in [3.05, 3.63) is 65.5 Å². The van der Waals surface area contributed by atoms with E-state index < -0.39 is 17.6 Å². The van der Waals surface area contributed by atoms with Crippen molar-refractivity contribution in [1.29, 1.82) is 0 Å². The Hall–Kier alpha value is -2.33. The van der Waals surface area contributed by atoms with Crippen molar-refractivity contribution in [2.45, 2.75) is 11.9 Å². The fourth-order valence-corrected chi connectivity index (χ4v) is 2.95. The maximum absolute atomic E-state index is 12.9. The zero-order valence-electron chi connectivity index (χ0n) is 13.8. The van der Waals surface area contributed by atoms with Crippen LogP contribution in [0.1, 0.15) is 11.1 Å². The number of carbonyl (C=O) groups is 1. The van der Waals surface area contributed by atoms with E-state index in [4.69, 9.17) is 12.2 Å². The van der Waals surface area contributed by atoms with Gasteiger partial charge in [0.1, 0.15) is 5.82 Å². The number of hydrogen-bond acceptors (Lipinski definition) is 3. The fourth-order valence-electron chi connectivity index (χ4n) is 2.00. The van der Waals surface area contributed by atoms with E-state index in [1.54, 1.807) is 12.1 Å². The van der Waals surface area contributed by atoms with E-state index in [9.17, 15) is 22.4 Å². The Kier molecular flexibility index (Phi) is 7.43. The lowest BCUT2D eigenvalue weighted by molar-refractivity contribution is -0.137. The summed E-state index contributed by atoms with van der Waals surface area (Å²) in [6, 6.07) is 10.8. The second-order valence-electron chi connectivity index (χ2n) is 5.29. The summed E-state index contributed by atoms with van der Waals surface area (Å²) >= 11 is 6.19. The molecule has 0 spiro atoms. The van der Waals surface area contributed by atoms with Crippen molar-refractivity contribution < 1.29 is 22.4 Å². The number of hydrogen-bond donors (Lipinski definition) is 3. The molecule has 0 saturated heterocycles. The number of nitrogens with one attached hydrogen (secondary N) is 3. The zero-order valence-corrected chi connectivity index (χ0v) is 15.4. The van der Waals surface area contributed by atoms with Crippen LogP contribution in [0.5, 0.6) is 0 Å². The molecule has 0 aromatic heterocycles. The summed E-state index contributed by atoms with van der Waals surface area (Å²) in [5.74, 6) is -0.143. The van der Waals surface area contributed by atoms with Crippen LogP contribution in [0.2, 0.25) is 0 Å². The summed E-state index contributed by atoms with van der Waals surface area (Å²) < 4.78 is 51.6. The number of anilines is 1. The first kappa shape index (κ1) is 21.0. The third-order valence-corrected chi connectivity index (χ3v) is 4.42. The number of rotatable bonds is 5. The molecule has 0 aliphatic carbocycles. The second-order valence-corrected chi connectivity index (χ2v) is 6.68. The van der Waals surface area contributed by atoms with Crippen LogP contribution in [-0.2, 0) is 16.7 Å². The van der Waals surface area contributed by atoms with E-state index in [0.717, 1.165) is 11.6 Å². The van der Waals surface area contributed by atoms with Gasteiger partial charge in [0.05, 0.1) is 17.0 Å². The molecular weight excluding hydrogens is 402 g/mol. The van der Waals surface area contributed by atoms with Crippen molar-refractivity contribution >= 4 is 40.7 Å². The Labute approximate surface area is 162 Å². The highest BCUT2D eigenvalue weighted by Gasteiger charge is 2.33. The molecule has 0 atom stereocenters. The highest BCUT2D eigenvalue weighted by atomic mass is 32.2. The summed E-state index contributed by atoms with van der Waals surface area (Å²) in [6.07, 6.45) is -4.53. The minimum atomic E-state index is -4.53. The predicted molar refractivity (Wildman–Crippen MR) is 102 cm³/mol. The first-order chi connectivity index (χ1) is 12.8. The van der Waals surface area contributed by atoms with Gasteiger partial charge in [0.2, 0.25) is 5.91 Å². The van der Waals surface area contributed by atoms with Gasteiger partial charge in [-0.2, -0.15) is 13.2 Å². The van der Waals surface area contributed by atoms with Crippen molar-refractivity contribution in [2.24, 2.45) is 0 Å². The topological polar surface area (TPSA) is 53.2 Å². The monoisotopic (exact) mass is 417 g/mol. The van der Waals surface area contributed by atoms with Gasteiger partial charge in [0, 0.05) is 5.75 Å². The molecule has 0 saturated carbocycles. The Morgan fingerprint density at radius 2 is 1.70 bits per heavy atom. The van der Waals surface area contributed by atoms with Crippen LogP contribution in [0.4, 0.5) is 23.2 Å². The summed E-state index contributed by atoms with van der Waals surface area (Å²) in [4.78, 5) is 11.7. The minimum absolute atomic E-state index is 0.0894. The molecule has 1 amide bonds. The van der Waals surface area contributed by atoms with Crippen LogP contribution in [0.3, 0.4) is 0 Å². The molecule has 0 aliphatic rings. The lowest BCUT2D eigenvalue weighted by Crippen LogP contribution is -2.44. The van der Waals surface area contributed by atoms with Gasteiger partial charge in [-0.3, -0.25) is 15.6 Å². The SMILES string of the molecule is O=C(CSCc1ccc(F)cc1)NNC(=S)Nc1ccccc1C(F)(F)F. The van der Waals surface area contributed by atoms with E-state index >= 15 is 0 Å². The number of hydrazine groups is 1. The molecular formula is C17H15F4N3OS2. The summed E-state index contributed by atoms with van der Waals surface area (Å²) in [7, 11) is 0. The number of alkyl halides is 3. The number of para-hydroxylation sites is 1. The van der Waals surface area contributed by atoms with E-state index in [1.807, 2.05) is 0 Å². The molecule has 0 radical (unpaired) electrons. The Balaban J connectivity index is 1.75. The minimum Gasteiger partial charge on any atom is -0.331 e. The summed E-state index contributed by atoms with van der Waals surface area (Å²) in [6.45, 7) is 0. The first-order valence-corrected chi connectivity index (χ1v) is 9.16. The molecule has 27 heavy (non-hydrogen) atoms. The highest BCUT2D eigenvalue weighted by molar-refractivity contribution is 7.99. The standard InChI is InChI=1S/C17H15F4N3OS2/c18-12-7-5-11(6-8-12)9-27-10-15(25)23-24-16(26)22-14-4-2-1-3-13(14)17(19,20)21/h1-8H,9-10H2,(H,23,25)(H2,22,24,26). The number of thiocarbonyl (C=S) groups is 1. The molecule has 0 aliphatic heterocycles. The van der Waals surface area contributed by atoms with E-state index in [0.29, 0.717) is 5.75 Å². The molecule has 144 valence electrons. The van der Waals surface area contributed by atoms with Gasteiger partial charge in [-0.25, -0.2) is 4.39 Å². The van der Waals surface area contributed by atoms with Crippen LogP contribution in [0, 0.1) is 5.82 Å². The van der Waals surface area contributed by atoms with E-state index in [2.05, 4.69) is 16.2 Å². The maximum atomic E-state index is 12.9. The number of thioether (sulfide) groups is 1. The molecule has 2 rings (SSSR count). The van der Waals surface area contributed by atoms with Crippen LogP contribution < -0.4 is 16.2 Å². The molecule has 4 nitrogen and oxygen atoms in total.